The highest BCUT2D eigenvalue weighted by Crippen LogP contribution is 2.40. The van der Waals surface area contributed by atoms with Crippen molar-refractivity contribution >= 4 is 5.97 Å². The van der Waals surface area contributed by atoms with E-state index in [1.807, 2.05) is 6.92 Å². The van der Waals surface area contributed by atoms with Crippen LogP contribution < -0.4 is 5.32 Å². The molecule has 2 fully saturated rings. The standard InChI is InChI=1S/C14H22N2O2/c1-11-12(10-13(17)18-11)16-8-4-14(5-9-16)2-6-15-7-3-14/h10-11,15H,2-9H2,1H3. The van der Waals surface area contributed by atoms with Gasteiger partial charge in [0.05, 0.1) is 5.70 Å². The summed E-state index contributed by atoms with van der Waals surface area (Å²) in [5, 5.41) is 3.45. The largest absolute Gasteiger partial charge is 0.453 e. The maximum atomic E-state index is 11.3. The Balaban J connectivity index is 1.63. The molecule has 1 N–H and O–H groups in total. The van der Waals surface area contributed by atoms with E-state index in [1.165, 1.54) is 38.8 Å². The molecule has 0 aromatic rings. The van der Waals surface area contributed by atoms with Gasteiger partial charge in [0.1, 0.15) is 6.10 Å². The number of piperidine rings is 2. The number of esters is 1. The van der Waals surface area contributed by atoms with Gasteiger partial charge in [0, 0.05) is 19.2 Å². The summed E-state index contributed by atoms with van der Waals surface area (Å²) in [6.07, 6.45) is 6.75. The Kier molecular flexibility index (Phi) is 3.06. The molecule has 0 radical (unpaired) electrons. The molecule has 3 aliphatic rings. The van der Waals surface area contributed by atoms with Gasteiger partial charge in [-0.1, -0.05) is 0 Å². The van der Waals surface area contributed by atoms with Crippen LogP contribution in [0.1, 0.15) is 32.6 Å². The van der Waals surface area contributed by atoms with Gasteiger partial charge in [0.15, 0.2) is 0 Å². The number of rotatable bonds is 1. The van der Waals surface area contributed by atoms with Crippen LogP contribution in [0, 0.1) is 5.41 Å². The first-order chi connectivity index (χ1) is 8.69. The van der Waals surface area contributed by atoms with Gasteiger partial charge in [-0.3, -0.25) is 0 Å². The van der Waals surface area contributed by atoms with Crippen LogP contribution >= 0.6 is 0 Å². The molecule has 4 nitrogen and oxygen atoms in total. The number of cyclic esters (lactones) is 1. The molecule has 4 heteroatoms. The molecule has 0 aliphatic carbocycles. The van der Waals surface area contributed by atoms with Gasteiger partial charge < -0.3 is 15.0 Å². The van der Waals surface area contributed by atoms with Crippen molar-refractivity contribution in [2.75, 3.05) is 26.2 Å². The van der Waals surface area contributed by atoms with Crippen molar-refractivity contribution in [3.8, 4) is 0 Å². The van der Waals surface area contributed by atoms with Crippen LogP contribution in [0.4, 0.5) is 0 Å². The zero-order chi connectivity index (χ0) is 12.6. The molecule has 2 saturated heterocycles. The van der Waals surface area contributed by atoms with Gasteiger partial charge in [-0.2, -0.15) is 0 Å². The van der Waals surface area contributed by atoms with E-state index in [0.29, 0.717) is 5.41 Å². The van der Waals surface area contributed by atoms with Gasteiger partial charge in [-0.05, 0) is 51.1 Å². The highest BCUT2D eigenvalue weighted by molar-refractivity contribution is 5.85. The third kappa shape index (κ3) is 2.14. The average Bonchev–Trinajstić information content (AvgIpc) is 2.71. The Bertz CT molecular complexity index is 362. The molecule has 0 saturated carbocycles. The Hall–Kier alpha value is -1.03. The van der Waals surface area contributed by atoms with Crippen molar-refractivity contribution in [3.63, 3.8) is 0 Å². The number of carbonyl (C=O) groups is 1. The van der Waals surface area contributed by atoms with E-state index in [9.17, 15) is 4.79 Å². The van der Waals surface area contributed by atoms with Gasteiger partial charge in [-0.15, -0.1) is 0 Å². The minimum Gasteiger partial charge on any atom is -0.453 e. The molecule has 0 amide bonds. The summed E-state index contributed by atoms with van der Waals surface area (Å²) in [4.78, 5) is 13.6. The first-order valence-corrected chi connectivity index (χ1v) is 7.06. The van der Waals surface area contributed by atoms with Gasteiger partial charge in [0.2, 0.25) is 0 Å². The third-order valence-electron chi connectivity index (χ3n) is 4.83. The zero-order valence-corrected chi connectivity index (χ0v) is 11.1. The Labute approximate surface area is 108 Å². The highest BCUT2D eigenvalue weighted by Gasteiger charge is 2.37. The molecule has 1 spiro atoms. The Morgan fingerprint density at radius 2 is 1.94 bits per heavy atom. The lowest BCUT2D eigenvalue weighted by atomic mass is 9.71. The number of likely N-dealkylation sites (tertiary alicyclic amines) is 1. The van der Waals surface area contributed by atoms with E-state index in [-0.39, 0.29) is 12.1 Å². The van der Waals surface area contributed by atoms with E-state index in [2.05, 4.69) is 10.2 Å². The average molecular weight is 250 g/mol. The predicted molar refractivity (Wildman–Crippen MR) is 69.0 cm³/mol. The quantitative estimate of drug-likeness (QED) is 0.712. The van der Waals surface area contributed by atoms with Crippen molar-refractivity contribution in [1.82, 2.24) is 10.2 Å². The smallest absolute Gasteiger partial charge is 0.333 e. The summed E-state index contributed by atoms with van der Waals surface area (Å²) in [6.45, 7) is 6.45. The first kappa shape index (κ1) is 12.0. The molecule has 0 aromatic heterocycles. The summed E-state index contributed by atoms with van der Waals surface area (Å²) < 4.78 is 5.18. The summed E-state index contributed by atoms with van der Waals surface area (Å²) in [5.74, 6) is -0.181. The number of hydrogen-bond acceptors (Lipinski definition) is 4. The lowest BCUT2D eigenvalue weighted by molar-refractivity contribution is -0.138. The summed E-state index contributed by atoms with van der Waals surface area (Å²) in [5.41, 5.74) is 1.65. The van der Waals surface area contributed by atoms with Crippen LogP contribution in [0.5, 0.6) is 0 Å². The fraction of sp³-hybridized carbons (Fsp3) is 0.786. The third-order valence-corrected chi connectivity index (χ3v) is 4.83. The van der Waals surface area contributed by atoms with Crippen LogP contribution in [-0.2, 0) is 9.53 Å². The number of hydrogen-bond donors (Lipinski definition) is 1. The van der Waals surface area contributed by atoms with Gasteiger partial charge in [0.25, 0.3) is 0 Å². The van der Waals surface area contributed by atoms with Crippen LogP contribution in [0.3, 0.4) is 0 Å². The second-order valence-electron chi connectivity index (χ2n) is 5.89. The van der Waals surface area contributed by atoms with Crippen molar-refractivity contribution in [1.29, 1.82) is 0 Å². The van der Waals surface area contributed by atoms with Crippen LogP contribution in [-0.4, -0.2) is 43.2 Å². The predicted octanol–water partition coefficient (Wildman–Crippen LogP) is 1.28. The first-order valence-electron chi connectivity index (χ1n) is 7.06. The molecule has 100 valence electrons. The van der Waals surface area contributed by atoms with Gasteiger partial charge in [-0.25, -0.2) is 4.79 Å². The highest BCUT2D eigenvalue weighted by atomic mass is 16.5. The van der Waals surface area contributed by atoms with E-state index >= 15 is 0 Å². The summed E-state index contributed by atoms with van der Waals surface area (Å²) in [6, 6.07) is 0. The molecule has 0 aromatic carbocycles. The molecular weight excluding hydrogens is 228 g/mol. The second-order valence-corrected chi connectivity index (χ2v) is 5.89. The van der Waals surface area contributed by atoms with Crippen molar-refractivity contribution in [2.24, 2.45) is 5.41 Å². The van der Waals surface area contributed by atoms with Crippen molar-refractivity contribution < 1.29 is 9.53 Å². The maximum absolute atomic E-state index is 11.3. The lowest BCUT2D eigenvalue weighted by Crippen LogP contribution is -2.45. The topological polar surface area (TPSA) is 41.6 Å². The fourth-order valence-electron chi connectivity index (χ4n) is 3.55. The number of nitrogens with one attached hydrogen (secondary N) is 1. The van der Waals surface area contributed by atoms with Crippen molar-refractivity contribution in [3.05, 3.63) is 11.8 Å². The molecule has 3 heterocycles. The summed E-state index contributed by atoms with van der Waals surface area (Å²) in [7, 11) is 0. The number of nitrogens with zero attached hydrogens (tertiary/aromatic N) is 1. The van der Waals surface area contributed by atoms with Crippen LogP contribution in [0.25, 0.3) is 0 Å². The van der Waals surface area contributed by atoms with E-state index in [0.717, 1.165) is 18.8 Å². The second kappa shape index (κ2) is 4.57. The van der Waals surface area contributed by atoms with E-state index < -0.39 is 0 Å². The zero-order valence-electron chi connectivity index (χ0n) is 11.1. The molecule has 1 unspecified atom stereocenters. The molecule has 18 heavy (non-hydrogen) atoms. The lowest BCUT2D eigenvalue weighted by Gasteiger charge is -2.45. The number of ether oxygens (including phenoxy) is 1. The van der Waals surface area contributed by atoms with Crippen molar-refractivity contribution in [2.45, 2.75) is 38.7 Å². The van der Waals surface area contributed by atoms with Crippen LogP contribution in [0.2, 0.25) is 0 Å². The summed E-state index contributed by atoms with van der Waals surface area (Å²) >= 11 is 0. The van der Waals surface area contributed by atoms with Gasteiger partial charge >= 0.3 is 5.97 Å². The maximum Gasteiger partial charge on any atom is 0.333 e. The molecule has 3 aliphatic heterocycles. The molecular formula is C14H22N2O2. The van der Waals surface area contributed by atoms with E-state index in [1.54, 1.807) is 6.08 Å². The SMILES string of the molecule is CC1OC(=O)C=C1N1CCC2(CCNCC2)CC1. The molecule has 0 bridgehead atoms. The van der Waals surface area contributed by atoms with Crippen LogP contribution in [0.15, 0.2) is 11.8 Å². The fourth-order valence-corrected chi connectivity index (χ4v) is 3.55. The molecule has 3 rings (SSSR count). The monoisotopic (exact) mass is 250 g/mol. The number of carbonyl (C=O) groups excluding carboxylic acids is 1. The Morgan fingerprint density at radius 1 is 1.28 bits per heavy atom. The normalized spacial score (nSPS) is 31.4. The molecule has 1 atom stereocenters. The minimum absolute atomic E-state index is 0.0560. The minimum atomic E-state index is -0.181. The van der Waals surface area contributed by atoms with E-state index in [4.69, 9.17) is 4.74 Å². The Morgan fingerprint density at radius 3 is 2.50 bits per heavy atom.